The van der Waals surface area contributed by atoms with E-state index in [-0.39, 0.29) is 0 Å². The first kappa shape index (κ1) is 9.50. The summed E-state index contributed by atoms with van der Waals surface area (Å²) in [6.07, 6.45) is 2.72. The summed E-state index contributed by atoms with van der Waals surface area (Å²) in [5.74, 6) is 0.846. The number of nitrogens with one attached hydrogen (secondary N) is 1. The highest BCUT2D eigenvalue weighted by molar-refractivity contribution is 7.16. The average molecular weight is 216 g/mol. The van der Waals surface area contributed by atoms with Crippen LogP contribution in [0.1, 0.15) is 29.3 Å². The van der Waals surface area contributed by atoms with Crippen LogP contribution in [0.15, 0.2) is 6.07 Å². The van der Waals surface area contributed by atoms with E-state index in [0.29, 0.717) is 6.04 Å². The molecule has 0 aliphatic heterocycles. The van der Waals surface area contributed by atoms with Crippen LogP contribution in [0.25, 0.3) is 0 Å². The van der Waals surface area contributed by atoms with Gasteiger partial charge in [0.05, 0.1) is 4.34 Å². The minimum Gasteiger partial charge on any atom is -0.312 e. The summed E-state index contributed by atoms with van der Waals surface area (Å²) in [6.45, 7) is 2.07. The molecule has 0 amide bonds. The van der Waals surface area contributed by atoms with Crippen LogP contribution in [0, 0.1) is 12.8 Å². The van der Waals surface area contributed by atoms with Gasteiger partial charge in [-0.15, -0.1) is 11.3 Å². The van der Waals surface area contributed by atoms with Crippen molar-refractivity contribution in [2.45, 2.75) is 25.8 Å². The molecule has 1 atom stereocenters. The van der Waals surface area contributed by atoms with E-state index in [4.69, 9.17) is 11.6 Å². The van der Waals surface area contributed by atoms with Gasteiger partial charge < -0.3 is 5.32 Å². The van der Waals surface area contributed by atoms with Crippen molar-refractivity contribution in [3.63, 3.8) is 0 Å². The highest BCUT2D eigenvalue weighted by Crippen LogP contribution is 2.44. The van der Waals surface area contributed by atoms with E-state index in [1.165, 1.54) is 23.3 Å². The Kier molecular flexibility index (Phi) is 2.63. The minimum absolute atomic E-state index is 0.538. The molecule has 0 spiro atoms. The molecule has 0 bridgehead atoms. The summed E-state index contributed by atoms with van der Waals surface area (Å²) in [7, 11) is 2.03. The molecule has 1 nitrogen and oxygen atoms in total. The van der Waals surface area contributed by atoms with E-state index in [1.807, 2.05) is 7.05 Å². The predicted octanol–water partition coefficient (Wildman–Crippen LogP) is 3.38. The lowest BCUT2D eigenvalue weighted by Crippen LogP contribution is -2.16. The molecule has 0 saturated heterocycles. The number of rotatable bonds is 3. The van der Waals surface area contributed by atoms with Crippen LogP contribution in [0.4, 0.5) is 0 Å². The van der Waals surface area contributed by atoms with Crippen molar-refractivity contribution in [1.82, 2.24) is 5.32 Å². The molecule has 3 heteroatoms. The minimum atomic E-state index is 0.538. The van der Waals surface area contributed by atoms with Crippen LogP contribution >= 0.6 is 22.9 Å². The van der Waals surface area contributed by atoms with Gasteiger partial charge in [0, 0.05) is 10.9 Å². The fourth-order valence-corrected chi connectivity index (χ4v) is 3.10. The maximum atomic E-state index is 6.05. The molecule has 0 aromatic carbocycles. The van der Waals surface area contributed by atoms with Crippen molar-refractivity contribution in [3.8, 4) is 0 Å². The molecule has 1 aromatic heterocycles. The summed E-state index contributed by atoms with van der Waals surface area (Å²) in [5, 5.41) is 3.37. The van der Waals surface area contributed by atoms with Gasteiger partial charge in [-0.05, 0) is 44.4 Å². The van der Waals surface area contributed by atoms with E-state index in [9.17, 15) is 0 Å². The van der Waals surface area contributed by atoms with E-state index in [2.05, 4.69) is 18.3 Å². The summed E-state index contributed by atoms with van der Waals surface area (Å²) in [4.78, 5) is 1.40. The first-order valence-corrected chi connectivity index (χ1v) is 5.85. The van der Waals surface area contributed by atoms with Crippen molar-refractivity contribution in [2.24, 2.45) is 5.92 Å². The normalized spacial score (nSPS) is 19.0. The number of hydrogen-bond donors (Lipinski definition) is 1. The quantitative estimate of drug-likeness (QED) is 0.815. The average Bonchev–Trinajstić information content (AvgIpc) is 2.84. The zero-order valence-corrected chi connectivity index (χ0v) is 9.50. The molecule has 1 unspecified atom stereocenters. The van der Waals surface area contributed by atoms with Crippen molar-refractivity contribution in [2.75, 3.05) is 7.05 Å². The van der Waals surface area contributed by atoms with Gasteiger partial charge in [-0.25, -0.2) is 0 Å². The van der Waals surface area contributed by atoms with Gasteiger partial charge >= 0.3 is 0 Å². The monoisotopic (exact) mass is 215 g/mol. The molecule has 72 valence electrons. The fourth-order valence-electron chi connectivity index (χ4n) is 1.68. The smallest absolute Gasteiger partial charge is 0.0960 e. The van der Waals surface area contributed by atoms with Crippen LogP contribution in [-0.2, 0) is 0 Å². The van der Waals surface area contributed by atoms with Crippen molar-refractivity contribution in [3.05, 3.63) is 20.8 Å². The number of thiophene rings is 1. The topological polar surface area (TPSA) is 12.0 Å². The van der Waals surface area contributed by atoms with E-state index in [1.54, 1.807) is 11.3 Å². The molecule has 1 heterocycles. The first-order chi connectivity index (χ1) is 6.22. The second kappa shape index (κ2) is 3.60. The Bertz CT molecular complexity index is 284. The lowest BCUT2D eigenvalue weighted by molar-refractivity contribution is 0.537. The van der Waals surface area contributed by atoms with Crippen LogP contribution < -0.4 is 5.32 Å². The molecule has 1 fully saturated rings. The van der Waals surface area contributed by atoms with Gasteiger partial charge in [0.1, 0.15) is 0 Å². The van der Waals surface area contributed by atoms with Crippen LogP contribution in [0.3, 0.4) is 0 Å². The SMILES string of the molecule is CNC(c1cc(C)c(Cl)s1)C1CC1. The zero-order chi connectivity index (χ0) is 9.42. The van der Waals surface area contributed by atoms with Gasteiger partial charge in [-0.3, -0.25) is 0 Å². The molecule has 13 heavy (non-hydrogen) atoms. The van der Waals surface area contributed by atoms with Gasteiger partial charge in [-0.2, -0.15) is 0 Å². The van der Waals surface area contributed by atoms with E-state index >= 15 is 0 Å². The van der Waals surface area contributed by atoms with E-state index in [0.717, 1.165) is 10.3 Å². The highest BCUT2D eigenvalue weighted by Gasteiger charge is 2.32. The van der Waals surface area contributed by atoms with Crippen molar-refractivity contribution >= 4 is 22.9 Å². The predicted molar refractivity (Wildman–Crippen MR) is 58.6 cm³/mol. The van der Waals surface area contributed by atoms with Gasteiger partial charge in [0.25, 0.3) is 0 Å². The maximum Gasteiger partial charge on any atom is 0.0960 e. The van der Waals surface area contributed by atoms with Crippen molar-refractivity contribution in [1.29, 1.82) is 0 Å². The molecule has 1 aliphatic carbocycles. The summed E-state index contributed by atoms with van der Waals surface area (Å²) >= 11 is 7.76. The largest absolute Gasteiger partial charge is 0.312 e. The van der Waals surface area contributed by atoms with Gasteiger partial charge in [0.15, 0.2) is 0 Å². The maximum absolute atomic E-state index is 6.05. The molecule has 1 aromatic rings. The van der Waals surface area contributed by atoms with Crippen LogP contribution in [0.2, 0.25) is 4.34 Å². The van der Waals surface area contributed by atoms with Crippen molar-refractivity contribution < 1.29 is 0 Å². The lowest BCUT2D eigenvalue weighted by Gasteiger charge is -2.12. The van der Waals surface area contributed by atoms with Crippen LogP contribution in [-0.4, -0.2) is 7.05 Å². The molecule has 0 radical (unpaired) electrons. The van der Waals surface area contributed by atoms with Gasteiger partial charge in [0.2, 0.25) is 0 Å². The third-order valence-electron chi connectivity index (χ3n) is 2.59. The second-order valence-corrected chi connectivity index (χ2v) is 5.40. The fraction of sp³-hybridized carbons (Fsp3) is 0.600. The Hall–Kier alpha value is -0.0500. The lowest BCUT2D eigenvalue weighted by atomic mass is 10.1. The Morgan fingerprint density at radius 1 is 1.62 bits per heavy atom. The Morgan fingerprint density at radius 3 is 2.69 bits per heavy atom. The van der Waals surface area contributed by atoms with E-state index < -0.39 is 0 Å². The zero-order valence-electron chi connectivity index (χ0n) is 7.93. The third-order valence-corrected chi connectivity index (χ3v) is 4.23. The standard InChI is InChI=1S/C10H14ClNS/c1-6-5-8(13-10(6)11)9(12-2)7-3-4-7/h5,7,9,12H,3-4H2,1-2H3. The van der Waals surface area contributed by atoms with Gasteiger partial charge in [-0.1, -0.05) is 11.6 Å². The number of aryl methyl sites for hydroxylation is 1. The molecular weight excluding hydrogens is 202 g/mol. The Labute approximate surface area is 88.1 Å². The highest BCUT2D eigenvalue weighted by atomic mass is 35.5. The molecule has 1 saturated carbocycles. The summed E-state index contributed by atoms with van der Waals surface area (Å²) in [5.41, 5.74) is 1.21. The molecule has 1 aliphatic rings. The second-order valence-electron chi connectivity index (χ2n) is 3.71. The Balaban J connectivity index is 2.21. The summed E-state index contributed by atoms with van der Waals surface area (Å²) < 4.78 is 0.941. The summed E-state index contributed by atoms with van der Waals surface area (Å²) in [6, 6.07) is 2.75. The third kappa shape index (κ3) is 1.90. The number of hydrogen-bond acceptors (Lipinski definition) is 2. The molecule has 1 N–H and O–H groups in total. The Morgan fingerprint density at radius 2 is 2.31 bits per heavy atom. The van der Waals surface area contributed by atoms with Crippen LogP contribution in [0.5, 0.6) is 0 Å². The number of halogens is 1. The molecular formula is C10H14ClNS. The molecule has 2 rings (SSSR count). The first-order valence-electron chi connectivity index (χ1n) is 4.65.